The van der Waals surface area contributed by atoms with Crippen LogP contribution < -0.4 is 15.0 Å². The minimum Gasteiger partial charge on any atom is -0.497 e. The van der Waals surface area contributed by atoms with Crippen molar-refractivity contribution in [1.29, 1.82) is 0 Å². The Labute approximate surface area is 97.4 Å². The van der Waals surface area contributed by atoms with E-state index in [1.807, 2.05) is 13.1 Å². The quantitative estimate of drug-likeness (QED) is 0.835. The normalized spacial score (nSPS) is 18.7. The van der Waals surface area contributed by atoms with Crippen molar-refractivity contribution in [1.82, 2.24) is 5.32 Å². The predicted octanol–water partition coefficient (Wildman–Crippen LogP) is 1.67. The van der Waals surface area contributed by atoms with Crippen molar-refractivity contribution in [3.8, 4) is 5.75 Å². The summed E-state index contributed by atoms with van der Waals surface area (Å²) in [6, 6.07) is 6.96. The van der Waals surface area contributed by atoms with Crippen LogP contribution in [0.4, 0.5) is 5.69 Å². The van der Waals surface area contributed by atoms with Gasteiger partial charge in [-0.2, -0.15) is 0 Å². The number of fused-ring (bicyclic) bond motifs is 1. The van der Waals surface area contributed by atoms with E-state index in [1.165, 1.54) is 11.3 Å². The lowest BCUT2D eigenvalue weighted by atomic mass is 10.1. The Kier molecular flexibility index (Phi) is 3.34. The lowest BCUT2D eigenvalue weighted by Gasteiger charge is -2.25. The highest BCUT2D eigenvalue weighted by Gasteiger charge is 2.27. The lowest BCUT2D eigenvalue weighted by molar-refractivity contribution is 0.414. The molecule has 0 aromatic heterocycles. The van der Waals surface area contributed by atoms with Crippen LogP contribution in [-0.4, -0.2) is 33.3 Å². The molecule has 1 atom stereocenters. The number of ether oxygens (including phenoxy) is 1. The summed E-state index contributed by atoms with van der Waals surface area (Å²) in [7, 11) is 3.73. The molecule has 0 aliphatic carbocycles. The molecule has 2 rings (SSSR count). The van der Waals surface area contributed by atoms with E-state index in [2.05, 4.69) is 29.3 Å². The second-order valence-electron chi connectivity index (χ2n) is 4.20. The zero-order chi connectivity index (χ0) is 11.5. The van der Waals surface area contributed by atoms with Gasteiger partial charge >= 0.3 is 0 Å². The van der Waals surface area contributed by atoms with Crippen LogP contribution >= 0.6 is 0 Å². The molecule has 1 heterocycles. The third kappa shape index (κ3) is 1.87. The summed E-state index contributed by atoms with van der Waals surface area (Å²) in [4.78, 5) is 2.46. The van der Waals surface area contributed by atoms with Gasteiger partial charge in [-0.15, -0.1) is 0 Å². The van der Waals surface area contributed by atoms with Crippen LogP contribution in [0.2, 0.25) is 0 Å². The number of benzene rings is 1. The van der Waals surface area contributed by atoms with Crippen LogP contribution in [0.3, 0.4) is 0 Å². The fourth-order valence-corrected chi connectivity index (χ4v) is 2.54. The number of nitrogens with zero attached hydrogens (tertiary/aromatic N) is 1. The molecular weight excluding hydrogens is 200 g/mol. The average molecular weight is 220 g/mol. The molecule has 3 heteroatoms. The van der Waals surface area contributed by atoms with Gasteiger partial charge < -0.3 is 15.0 Å². The maximum atomic E-state index is 5.27. The SMILES string of the molecule is CCN1c2ccc(OC)cc2CC1CNC. The molecule has 0 fully saturated rings. The Morgan fingerprint density at radius 3 is 2.94 bits per heavy atom. The molecule has 16 heavy (non-hydrogen) atoms. The Morgan fingerprint density at radius 2 is 2.31 bits per heavy atom. The molecule has 1 aromatic carbocycles. The summed E-state index contributed by atoms with van der Waals surface area (Å²) >= 11 is 0. The van der Waals surface area contributed by atoms with Gasteiger partial charge in [0.1, 0.15) is 5.75 Å². The van der Waals surface area contributed by atoms with Crippen LogP contribution in [-0.2, 0) is 6.42 Å². The second kappa shape index (κ2) is 4.74. The van der Waals surface area contributed by atoms with Gasteiger partial charge in [-0.25, -0.2) is 0 Å². The van der Waals surface area contributed by atoms with Crippen LogP contribution in [0.25, 0.3) is 0 Å². The Morgan fingerprint density at radius 1 is 1.50 bits per heavy atom. The van der Waals surface area contributed by atoms with E-state index in [0.29, 0.717) is 6.04 Å². The van der Waals surface area contributed by atoms with E-state index in [9.17, 15) is 0 Å². The standard InChI is InChI=1S/C13H20N2O/c1-4-15-11(9-14-2)7-10-8-12(16-3)5-6-13(10)15/h5-6,8,11,14H,4,7,9H2,1-3H3. The number of hydrogen-bond acceptors (Lipinski definition) is 3. The predicted molar refractivity (Wildman–Crippen MR) is 67.4 cm³/mol. The first kappa shape index (κ1) is 11.3. The zero-order valence-corrected chi connectivity index (χ0v) is 10.3. The maximum absolute atomic E-state index is 5.27. The Hall–Kier alpha value is -1.22. The fourth-order valence-electron chi connectivity index (χ4n) is 2.54. The first-order chi connectivity index (χ1) is 7.80. The van der Waals surface area contributed by atoms with Crippen LogP contribution in [0.5, 0.6) is 5.75 Å². The number of rotatable bonds is 4. The van der Waals surface area contributed by atoms with Crippen LogP contribution in [0, 0.1) is 0 Å². The van der Waals surface area contributed by atoms with E-state index >= 15 is 0 Å². The van der Waals surface area contributed by atoms with Crippen molar-refractivity contribution in [3.05, 3.63) is 23.8 Å². The van der Waals surface area contributed by atoms with E-state index in [1.54, 1.807) is 7.11 Å². The largest absolute Gasteiger partial charge is 0.497 e. The second-order valence-corrected chi connectivity index (χ2v) is 4.20. The molecule has 0 bridgehead atoms. The Bertz CT molecular complexity index is 365. The number of nitrogens with one attached hydrogen (secondary N) is 1. The first-order valence-corrected chi connectivity index (χ1v) is 5.88. The first-order valence-electron chi connectivity index (χ1n) is 5.88. The van der Waals surface area contributed by atoms with Crippen molar-refractivity contribution in [2.45, 2.75) is 19.4 Å². The van der Waals surface area contributed by atoms with Gasteiger partial charge in [-0.05, 0) is 44.2 Å². The van der Waals surface area contributed by atoms with E-state index in [4.69, 9.17) is 4.74 Å². The monoisotopic (exact) mass is 220 g/mol. The summed E-state index contributed by atoms with van der Waals surface area (Å²) in [6.07, 6.45) is 1.11. The van der Waals surface area contributed by atoms with Gasteiger partial charge in [-0.1, -0.05) is 0 Å². The topological polar surface area (TPSA) is 24.5 Å². The fraction of sp³-hybridized carbons (Fsp3) is 0.538. The molecule has 88 valence electrons. The molecule has 0 spiro atoms. The molecular formula is C13H20N2O. The van der Waals surface area contributed by atoms with Gasteiger partial charge in [0.2, 0.25) is 0 Å². The summed E-state index contributed by atoms with van der Waals surface area (Å²) in [5.74, 6) is 0.958. The molecule has 1 aliphatic rings. The van der Waals surface area contributed by atoms with Gasteiger partial charge in [0.05, 0.1) is 7.11 Å². The number of hydrogen-bond donors (Lipinski definition) is 1. The van der Waals surface area contributed by atoms with Crippen molar-refractivity contribution in [3.63, 3.8) is 0 Å². The summed E-state index contributed by atoms with van der Waals surface area (Å²) in [6.45, 7) is 4.30. The molecule has 0 saturated heterocycles. The van der Waals surface area contributed by atoms with Gasteiger partial charge in [0.25, 0.3) is 0 Å². The van der Waals surface area contributed by atoms with Gasteiger partial charge in [-0.3, -0.25) is 0 Å². The molecule has 0 saturated carbocycles. The third-order valence-electron chi connectivity index (χ3n) is 3.27. The van der Waals surface area contributed by atoms with Crippen LogP contribution in [0.15, 0.2) is 18.2 Å². The highest BCUT2D eigenvalue weighted by molar-refractivity contribution is 5.61. The van der Waals surface area contributed by atoms with Crippen molar-refractivity contribution < 1.29 is 4.74 Å². The highest BCUT2D eigenvalue weighted by Crippen LogP contribution is 2.34. The number of anilines is 1. The molecule has 1 N–H and O–H groups in total. The smallest absolute Gasteiger partial charge is 0.119 e. The minimum absolute atomic E-state index is 0.581. The van der Waals surface area contributed by atoms with Crippen LogP contribution in [0.1, 0.15) is 12.5 Å². The molecule has 1 aliphatic heterocycles. The molecule has 1 aromatic rings. The van der Waals surface area contributed by atoms with Crippen molar-refractivity contribution in [2.75, 3.05) is 32.1 Å². The number of methoxy groups -OCH3 is 1. The van der Waals surface area contributed by atoms with Crippen molar-refractivity contribution >= 4 is 5.69 Å². The highest BCUT2D eigenvalue weighted by atomic mass is 16.5. The summed E-state index contributed by atoms with van der Waals surface area (Å²) in [5.41, 5.74) is 2.77. The molecule has 3 nitrogen and oxygen atoms in total. The van der Waals surface area contributed by atoms with E-state index in [-0.39, 0.29) is 0 Å². The van der Waals surface area contributed by atoms with Crippen molar-refractivity contribution in [2.24, 2.45) is 0 Å². The average Bonchev–Trinajstić information content (AvgIpc) is 2.65. The number of likely N-dealkylation sites (N-methyl/N-ethyl adjacent to an activating group) is 2. The summed E-state index contributed by atoms with van der Waals surface area (Å²) < 4.78 is 5.27. The maximum Gasteiger partial charge on any atom is 0.119 e. The third-order valence-corrected chi connectivity index (χ3v) is 3.27. The zero-order valence-electron chi connectivity index (χ0n) is 10.3. The molecule has 0 radical (unpaired) electrons. The minimum atomic E-state index is 0.581. The Balaban J connectivity index is 2.27. The van der Waals surface area contributed by atoms with Gasteiger partial charge in [0, 0.05) is 24.8 Å². The molecule has 1 unspecified atom stereocenters. The van der Waals surface area contributed by atoms with Gasteiger partial charge in [0.15, 0.2) is 0 Å². The summed E-state index contributed by atoms with van der Waals surface area (Å²) in [5, 5.41) is 3.26. The van der Waals surface area contributed by atoms with E-state index < -0.39 is 0 Å². The van der Waals surface area contributed by atoms with E-state index in [0.717, 1.165) is 25.3 Å². The molecule has 0 amide bonds. The lowest BCUT2D eigenvalue weighted by Crippen LogP contribution is -2.38.